The highest BCUT2D eigenvalue weighted by molar-refractivity contribution is 7.23. The van der Waals surface area contributed by atoms with Crippen molar-refractivity contribution in [3.8, 4) is 10.6 Å². The zero-order valence-corrected chi connectivity index (χ0v) is 20.6. The van der Waals surface area contributed by atoms with E-state index in [0.29, 0.717) is 11.1 Å². The number of rotatable bonds is 5. The number of piperidine rings is 1. The van der Waals surface area contributed by atoms with Gasteiger partial charge in [0, 0.05) is 18.7 Å². The Morgan fingerprint density at radius 3 is 2.62 bits per heavy atom. The summed E-state index contributed by atoms with van der Waals surface area (Å²) in [6.07, 6.45) is 7.99. The Labute approximate surface area is 205 Å². The first-order chi connectivity index (χ1) is 16.7. The molecule has 0 unspecified atom stereocenters. The molecule has 0 saturated carbocycles. The predicted octanol–water partition coefficient (Wildman–Crippen LogP) is 5.33. The molecule has 1 saturated heterocycles. The third-order valence-corrected chi connectivity index (χ3v) is 8.83. The summed E-state index contributed by atoms with van der Waals surface area (Å²) in [5.74, 6) is -0.0917. The lowest BCUT2D eigenvalue weighted by Crippen LogP contribution is -2.29. The molecule has 6 rings (SSSR count). The van der Waals surface area contributed by atoms with Gasteiger partial charge in [0.25, 0.3) is 5.56 Å². The van der Waals surface area contributed by atoms with Crippen molar-refractivity contribution in [2.45, 2.75) is 51.5 Å². The van der Waals surface area contributed by atoms with Gasteiger partial charge in [0.1, 0.15) is 12.2 Å². The van der Waals surface area contributed by atoms with Crippen molar-refractivity contribution in [2.75, 3.05) is 18.0 Å². The molecule has 4 aromatic rings. The minimum Gasteiger partial charge on any atom is -0.348 e. The minimum absolute atomic E-state index is 0.0808. The summed E-state index contributed by atoms with van der Waals surface area (Å²) in [5, 5.41) is 7.58. The number of carbonyl (C=O) groups excluding carboxylic acids is 1. The van der Waals surface area contributed by atoms with E-state index in [0.717, 1.165) is 65.6 Å². The van der Waals surface area contributed by atoms with Crippen molar-refractivity contribution in [1.82, 2.24) is 14.8 Å². The molecule has 0 N–H and O–H groups in total. The van der Waals surface area contributed by atoms with Gasteiger partial charge >= 0.3 is 0 Å². The van der Waals surface area contributed by atoms with Crippen LogP contribution in [0.15, 0.2) is 40.5 Å². The van der Waals surface area contributed by atoms with E-state index >= 15 is 0 Å². The largest absolute Gasteiger partial charge is 0.348 e. The van der Waals surface area contributed by atoms with Crippen molar-refractivity contribution < 1.29 is 4.79 Å². The van der Waals surface area contributed by atoms with E-state index in [-0.39, 0.29) is 17.9 Å². The van der Waals surface area contributed by atoms with Crippen LogP contribution in [0.25, 0.3) is 20.8 Å². The molecule has 1 aliphatic carbocycles. The van der Waals surface area contributed by atoms with Crippen LogP contribution in [0.2, 0.25) is 0 Å². The Bertz CT molecular complexity index is 1410. The normalized spacial score (nSPS) is 16.1. The monoisotopic (exact) mass is 490 g/mol. The number of thiazole rings is 1. The van der Waals surface area contributed by atoms with Crippen LogP contribution >= 0.6 is 22.7 Å². The maximum atomic E-state index is 13.4. The molecule has 1 fully saturated rings. The fraction of sp³-hybridized carbons (Fsp3) is 0.385. The second-order valence-electron chi connectivity index (χ2n) is 9.12. The average Bonchev–Trinajstić information content (AvgIpc) is 3.57. The maximum Gasteiger partial charge on any atom is 0.294 e. The van der Waals surface area contributed by atoms with Crippen molar-refractivity contribution in [1.29, 1.82) is 0 Å². The van der Waals surface area contributed by atoms with Crippen LogP contribution in [0.4, 0.5) is 5.13 Å². The molecule has 1 aliphatic heterocycles. The van der Waals surface area contributed by atoms with E-state index in [2.05, 4.69) is 11.0 Å². The third-order valence-electron chi connectivity index (χ3n) is 6.83. The van der Waals surface area contributed by atoms with Crippen molar-refractivity contribution in [3.63, 3.8) is 0 Å². The van der Waals surface area contributed by atoms with Crippen LogP contribution in [-0.4, -0.2) is 33.6 Å². The van der Waals surface area contributed by atoms with Gasteiger partial charge in [0.15, 0.2) is 16.4 Å². The van der Waals surface area contributed by atoms with Crippen molar-refractivity contribution in [3.05, 3.63) is 62.8 Å². The van der Waals surface area contributed by atoms with Crippen molar-refractivity contribution >= 4 is 43.8 Å². The quantitative estimate of drug-likeness (QED) is 0.354. The standard InChI is InChI=1S/C26H26N4O2S2/c31-20(19-11-10-17-7-2-3-8-18(17)15-19)16-30-25(32)23-24(22(28-30)21-9-6-14-33-21)34-26(27-23)29-12-4-1-5-13-29/h6,9-11,14-15H,1-5,7-8,12-13,16H2. The number of hydrogen-bond donors (Lipinski definition) is 0. The molecule has 0 bridgehead atoms. The van der Waals surface area contributed by atoms with E-state index in [1.165, 1.54) is 28.7 Å². The third kappa shape index (κ3) is 3.99. The van der Waals surface area contributed by atoms with Gasteiger partial charge in [-0.05, 0) is 73.6 Å². The summed E-state index contributed by atoms with van der Waals surface area (Å²) in [6.45, 7) is 1.85. The molecule has 1 aromatic carbocycles. The highest BCUT2D eigenvalue weighted by Crippen LogP contribution is 2.36. The Morgan fingerprint density at radius 1 is 1.00 bits per heavy atom. The Kier molecular flexibility index (Phi) is 5.79. The lowest BCUT2D eigenvalue weighted by Gasteiger charge is -2.25. The Morgan fingerprint density at radius 2 is 1.82 bits per heavy atom. The number of fused-ring (bicyclic) bond motifs is 2. The number of aromatic nitrogens is 3. The van der Waals surface area contributed by atoms with Gasteiger partial charge in [-0.1, -0.05) is 29.5 Å². The average molecular weight is 491 g/mol. The summed E-state index contributed by atoms with van der Waals surface area (Å²) in [5.41, 5.74) is 4.12. The highest BCUT2D eigenvalue weighted by Gasteiger charge is 2.23. The highest BCUT2D eigenvalue weighted by atomic mass is 32.1. The number of aryl methyl sites for hydroxylation is 2. The van der Waals surface area contributed by atoms with Gasteiger partial charge in [-0.2, -0.15) is 5.10 Å². The van der Waals surface area contributed by atoms with E-state index in [1.54, 1.807) is 22.7 Å². The Hall–Kier alpha value is -2.84. The summed E-state index contributed by atoms with van der Waals surface area (Å²) in [7, 11) is 0. The molecule has 6 nitrogen and oxygen atoms in total. The molecule has 4 heterocycles. The van der Waals surface area contributed by atoms with Crippen LogP contribution in [0.3, 0.4) is 0 Å². The van der Waals surface area contributed by atoms with Gasteiger partial charge in [-0.25, -0.2) is 9.67 Å². The summed E-state index contributed by atoms with van der Waals surface area (Å²) >= 11 is 3.13. The molecular weight excluding hydrogens is 464 g/mol. The molecule has 0 atom stereocenters. The molecule has 0 amide bonds. The molecule has 0 spiro atoms. The topological polar surface area (TPSA) is 68.1 Å². The number of anilines is 1. The maximum absolute atomic E-state index is 13.4. The lowest BCUT2D eigenvalue weighted by atomic mass is 9.90. The van der Waals surface area contributed by atoms with Gasteiger partial charge < -0.3 is 4.90 Å². The molecule has 8 heteroatoms. The summed E-state index contributed by atoms with van der Waals surface area (Å²) in [4.78, 5) is 34.7. The van der Waals surface area contributed by atoms with E-state index in [4.69, 9.17) is 10.1 Å². The van der Waals surface area contributed by atoms with Gasteiger partial charge in [0.05, 0.1) is 9.58 Å². The molecule has 34 heavy (non-hydrogen) atoms. The fourth-order valence-corrected chi connectivity index (χ4v) is 6.87. The number of hydrogen-bond acceptors (Lipinski definition) is 7. The van der Waals surface area contributed by atoms with Crippen LogP contribution in [-0.2, 0) is 19.4 Å². The molecular formula is C26H26N4O2S2. The number of ketones is 1. The number of benzene rings is 1. The van der Waals surface area contributed by atoms with E-state index in [9.17, 15) is 9.59 Å². The van der Waals surface area contributed by atoms with Crippen LogP contribution < -0.4 is 10.5 Å². The first kappa shape index (κ1) is 21.7. The second kappa shape index (κ2) is 9.07. The van der Waals surface area contributed by atoms with Crippen molar-refractivity contribution in [2.24, 2.45) is 0 Å². The summed E-state index contributed by atoms with van der Waals surface area (Å²) < 4.78 is 2.13. The first-order valence-electron chi connectivity index (χ1n) is 12.0. The molecule has 0 radical (unpaired) electrons. The zero-order chi connectivity index (χ0) is 23.1. The van der Waals surface area contributed by atoms with E-state index in [1.807, 2.05) is 29.6 Å². The molecule has 2 aliphatic rings. The lowest BCUT2D eigenvalue weighted by molar-refractivity contribution is 0.0966. The number of Topliss-reactive ketones (excluding diaryl/α,β-unsaturated/α-hetero) is 1. The van der Waals surface area contributed by atoms with Crippen LogP contribution in [0.5, 0.6) is 0 Å². The Balaban J connectivity index is 1.40. The van der Waals surface area contributed by atoms with Crippen LogP contribution in [0.1, 0.15) is 53.6 Å². The zero-order valence-electron chi connectivity index (χ0n) is 19.0. The van der Waals surface area contributed by atoms with Gasteiger partial charge in [-0.15, -0.1) is 11.3 Å². The minimum atomic E-state index is -0.291. The number of nitrogens with zero attached hydrogens (tertiary/aromatic N) is 4. The number of thiophene rings is 1. The molecule has 174 valence electrons. The van der Waals surface area contributed by atoms with Crippen LogP contribution in [0, 0.1) is 0 Å². The smallest absolute Gasteiger partial charge is 0.294 e. The van der Waals surface area contributed by atoms with Gasteiger partial charge in [-0.3, -0.25) is 9.59 Å². The van der Waals surface area contributed by atoms with E-state index < -0.39 is 0 Å². The number of carbonyl (C=O) groups is 1. The fourth-order valence-electron chi connectivity index (χ4n) is 4.98. The van der Waals surface area contributed by atoms with Gasteiger partial charge in [0.2, 0.25) is 0 Å². The summed E-state index contributed by atoms with van der Waals surface area (Å²) in [6, 6.07) is 9.97. The molecule has 3 aromatic heterocycles. The predicted molar refractivity (Wildman–Crippen MR) is 138 cm³/mol. The first-order valence-corrected chi connectivity index (χ1v) is 13.7. The second-order valence-corrected chi connectivity index (χ2v) is 11.0. The SMILES string of the molecule is O=C(Cn1nc(-c2cccs2)c2sc(N3CCCCC3)nc2c1=O)c1ccc2c(c1)CCCC2.